The number of nitrogens with zero attached hydrogens (tertiary/aromatic N) is 3. The van der Waals surface area contributed by atoms with Crippen molar-refractivity contribution < 1.29 is 9.47 Å². The van der Waals surface area contributed by atoms with Gasteiger partial charge in [0.15, 0.2) is 40.5 Å². The summed E-state index contributed by atoms with van der Waals surface area (Å²) in [4.78, 5) is 16.2. The van der Waals surface area contributed by atoms with Crippen LogP contribution in [-0.4, -0.2) is 15.0 Å². The van der Waals surface area contributed by atoms with Gasteiger partial charge in [-0.25, -0.2) is 15.0 Å². The molecule has 0 N–H and O–H groups in total. The van der Waals surface area contributed by atoms with Crippen LogP contribution in [0.1, 0.15) is 21.6 Å². The Morgan fingerprint density at radius 1 is 0.480 bits per heavy atom. The maximum atomic E-state index is 6.97. The molecule has 3 aliphatic rings. The second-order valence-electron chi connectivity index (χ2n) is 12.7. The van der Waals surface area contributed by atoms with E-state index in [1.165, 1.54) is 20.5 Å². The van der Waals surface area contributed by atoms with Crippen LogP contribution in [0.25, 0.3) is 61.1 Å². The Bertz CT molecular complexity index is 2660. The predicted octanol–water partition coefficient (Wildman–Crippen LogP) is 10.6. The molecule has 1 spiro atoms. The van der Waals surface area contributed by atoms with Crippen LogP contribution < -0.4 is 9.47 Å². The highest BCUT2D eigenvalue weighted by molar-refractivity contribution is 7.19. The van der Waals surface area contributed by atoms with E-state index in [1.807, 2.05) is 96.3 Å². The molecule has 0 saturated carbocycles. The fraction of sp³-hybridized carbons (Fsp3) is 0.0227. The number of benzene rings is 6. The van der Waals surface area contributed by atoms with Crippen molar-refractivity contribution in [3.63, 3.8) is 0 Å². The van der Waals surface area contributed by atoms with Gasteiger partial charge in [-0.15, -0.1) is 11.3 Å². The van der Waals surface area contributed by atoms with Crippen LogP contribution in [0.2, 0.25) is 0 Å². The van der Waals surface area contributed by atoms with Crippen LogP contribution in [0.15, 0.2) is 157 Å². The fourth-order valence-corrected chi connectivity index (χ4v) is 9.25. The first-order valence-electron chi connectivity index (χ1n) is 16.6. The molecule has 1 atom stereocenters. The van der Waals surface area contributed by atoms with E-state index in [4.69, 9.17) is 24.4 Å². The number of hydrogen-bond donors (Lipinski definition) is 0. The van der Waals surface area contributed by atoms with E-state index in [9.17, 15) is 0 Å². The molecule has 0 saturated heterocycles. The van der Waals surface area contributed by atoms with E-state index >= 15 is 0 Å². The van der Waals surface area contributed by atoms with E-state index in [0.717, 1.165) is 62.0 Å². The summed E-state index contributed by atoms with van der Waals surface area (Å²) < 4.78 is 15.0. The number of fused-ring (bicyclic) bond motifs is 12. The smallest absolute Gasteiger partial charge is 0.176 e. The molecular formula is C44H25N3O2S. The Morgan fingerprint density at radius 3 is 1.80 bits per heavy atom. The molecular weight excluding hydrogens is 635 g/mol. The Balaban J connectivity index is 1.16. The zero-order valence-electron chi connectivity index (χ0n) is 26.5. The van der Waals surface area contributed by atoms with Crippen LogP contribution in [0.5, 0.6) is 11.5 Å². The van der Waals surface area contributed by atoms with Gasteiger partial charge in [0.25, 0.3) is 0 Å². The van der Waals surface area contributed by atoms with Gasteiger partial charge in [0, 0.05) is 37.2 Å². The lowest BCUT2D eigenvalue weighted by atomic mass is 9.76. The molecule has 6 heteroatoms. The van der Waals surface area contributed by atoms with Crippen molar-refractivity contribution in [2.24, 2.45) is 0 Å². The first kappa shape index (κ1) is 27.6. The summed E-state index contributed by atoms with van der Waals surface area (Å²) in [5.41, 5.74) is 7.84. The molecule has 1 aliphatic heterocycles. The highest BCUT2D eigenvalue weighted by Gasteiger charge is 2.58. The number of thiophene rings is 1. The number of hydrogen-bond acceptors (Lipinski definition) is 6. The van der Waals surface area contributed by atoms with Gasteiger partial charge in [0.1, 0.15) is 5.41 Å². The lowest BCUT2D eigenvalue weighted by molar-refractivity contribution is 0.317. The summed E-state index contributed by atoms with van der Waals surface area (Å²) in [6.07, 6.45) is 0. The third kappa shape index (κ3) is 3.74. The van der Waals surface area contributed by atoms with E-state index in [0.29, 0.717) is 17.5 Å². The molecule has 2 aromatic heterocycles. The van der Waals surface area contributed by atoms with E-state index in [2.05, 4.69) is 66.7 Å². The third-order valence-electron chi connectivity index (χ3n) is 9.99. The third-order valence-corrected chi connectivity index (χ3v) is 11.3. The van der Waals surface area contributed by atoms with Gasteiger partial charge < -0.3 is 9.47 Å². The summed E-state index contributed by atoms with van der Waals surface area (Å²) in [6.45, 7) is 0. The van der Waals surface area contributed by atoms with Crippen LogP contribution >= 0.6 is 11.3 Å². The van der Waals surface area contributed by atoms with Crippen molar-refractivity contribution in [2.75, 3.05) is 0 Å². The van der Waals surface area contributed by atoms with Crippen molar-refractivity contribution in [3.05, 3.63) is 179 Å². The molecule has 0 fully saturated rings. The average molecular weight is 660 g/mol. The molecule has 0 bridgehead atoms. The van der Waals surface area contributed by atoms with Gasteiger partial charge in [-0.3, -0.25) is 0 Å². The predicted molar refractivity (Wildman–Crippen MR) is 198 cm³/mol. The summed E-state index contributed by atoms with van der Waals surface area (Å²) in [5.74, 6) is 4.96. The number of allylic oxidation sites excluding steroid dienone is 1. The molecule has 6 aromatic carbocycles. The lowest BCUT2D eigenvalue weighted by Gasteiger charge is -2.32. The zero-order valence-corrected chi connectivity index (χ0v) is 27.3. The monoisotopic (exact) mass is 659 g/mol. The van der Waals surface area contributed by atoms with Gasteiger partial charge in [-0.1, -0.05) is 127 Å². The van der Waals surface area contributed by atoms with Crippen LogP contribution in [0, 0.1) is 0 Å². The summed E-state index contributed by atoms with van der Waals surface area (Å²) in [5, 5.41) is 1.18. The van der Waals surface area contributed by atoms with Crippen LogP contribution in [0.3, 0.4) is 0 Å². The molecule has 11 rings (SSSR count). The van der Waals surface area contributed by atoms with Gasteiger partial charge in [-0.05, 0) is 46.5 Å². The Kier molecular flexibility index (Phi) is 5.69. The van der Waals surface area contributed by atoms with Gasteiger partial charge >= 0.3 is 0 Å². The van der Waals surface area contributed by atoms with Crippen molar-refractivity contribution in [1.82, 2.24) is 15.0 Å². The van der Waals surface area contributed by atoms with Gasteiger partial charge in [0.05, 0.1) is 0 Å². The second kappa shape index (κ2) is 10.3. The topological polar surface area (TPSA) is 57.1 Å². The number of ether oxygens (including phenoxy) is 2. The lowest BCUT2D eigenvalue weighted by Crippen LogP contribution is -2.30. The fourth-order valence-electron chi connectivity index (χ4n) is 7.83. The minimum absolute atomic E-state index is 0.624. The summed E-state index contributed by atoms with van der Waals surface area (Å²) in [6, 6.07) is 52.1. The SMILES string of the molecule is c1ccc(-c2nc(-c3ccccc3)nc(-c3ccc4c(c3)-c3ccccc3C43C4=C(Oc5ccccc5O4)c4c3sc3ccccc43)n2)cc1. The van der Waals surface area contributed by atoms with Gasteiger partial charge in [0.2, 0.25) is 0 Å². The molecule has 50 heavy (non-hydrogen) atoms. The summed E-state index contributed by atoms with van der Waals surface area (Å²) in [7, 11) is 0. The highest BCUT2D eigenvalue weighted by Crippen LogP contribution is 2.66. The first-order valence-corrected chi connectivity index (χ1v) is 17.4. The molecule has 3 heterocycles. The van der Waals surface area contributed by atoms with Crippen LogP contribution in [-0.2, 0) is 5.41 Å². The largest absolute Gasteiger partial charge is 0.452 e. The molecule has 5 nitrogen and oxygen atoms in total. The van der Waals surface area contributed by atoms with Crippen molar-refractivity contribution >= 4 is 27.2 Å². The van der Waals surface area contributed by atoms with E-state index < -0.39 is 5.41 Å². The molecule has 2 aliphatic carbocycles. The quantitative estimate of drug-likeness (QED) is 0.189. The van der Waals surface area contributed by atoms with Crippen molar-refractivity contribution in [2.45, 2.75) is 5.41 Å². The van der Waals surface area contributed by atoms with Crippen molar-refractivity contribution in [3.8, 4) is 56.8 Å². The second-order valence-corrected chi connectivity index (χ2v) is 13.8. The molecule has 0 amide bonds. The number of aromatic nitrogens is 3. The minimum atomic E-state index is -0.685. The molecule has 234 valence electrons. The normalized spacial score (nSPS) is 16.3. The first-order chi connectivity index (χ1) is 24.8. The minimum Gasteiger partial charge on any atom is -0.452 e. The Hall–Kier alpha value is -6.37. The van der Waals surface area contributed by atoms with Gasteiger partial charge in [-0.2, -0.15) is 0 Å². The average Bonchev–Trinajstić information content (AvgIpc) is 3.81. The van der Waals surface area contributed by atoms with Crippen LogP contribution in [0.4, 0.5) is 0 Å². The van der Waals surface area contributed by atoms with Crippen molar-refractivity contribution in [1.29, 1.82) is 0 Å². The maximum Gasteiger partial charge on any atom is 0.176 e. The number of rotatable bonds is 3. The summed E-state index contributed by atoms with van der Waals surface area (Å²) >= 11 is 1.82. The highest BCUT2D eigenvalue weighted by atomic mass is 32.1. The molecule has 8 aromatic rings. The van der Waals surface area contributed by atoms with E-state index in [-0.39, 0.29) is 0 Å². The number of para-hydroxylation sites is 2. The molecule has 0 radical (unpaired) electrons. The van der Waals surface area contributed by atoms with E-state index in [1.54, 1.807) is 0 Å². The maximum absolute atomic E-state index is 6.97. The Morgan fingerprint density at radius 2 is 1.06 bits per heavy atom. The molecule has 1 unspecified atom stereocenters. The Labute approximate surface area is 291 Å². The standard InChI is InChI=1S/C44H25N3O2S/c1-3-13-26(14-4-1)41-45-42(27-15-5-2-6-16-27)47-43(46-41)28-23-24-33-31(25-28)29-17-7-9-19-32(29)44(33)39-38(48-34-20-10-11-21-35(34)49-39)37-30-18-8-12-22-36(30)50-40(37)44/h1-25H. The zero-order chi connectivity index (χ0) is 32.8.